The minimum absolute atomic E-state index is 0.0673. The molecule has 0 fully saturated rings. The third-order valence-corrected chi connectivity index (χ3v) is 2.29. The maximum Gasteiger partial charge on any atom is 0.168 e. The fourth-order valence-electron chi connectivity index (χ4n) is 0.916. The number of rotatable bonds is 3. The predicted octanol–water partition coefficient (Wildman–Crippen LogP) is 1.93. The molecule has 0 aromatic carbocycles. The van der Waals surface area contributed by atoms with Crippen LogP contribution in [0.2, 0.25) is 0 Å². The molecule has 3 nitrogen and oxygen atoms in total. The van der Waals surface area contributed by atoms with Gasteiger partial charge in [0.1, 0.15) is 5.82 Å². The zero-order valence-electron chi connectivity index (χ0n) is 8.88. The van der Waals surface area contributed by atoms with Gasteiger partial charge in [-0.1, -0.05) is 0 Å². The maximum absolute atomic E-state index is 13.2. The van der Waals surface area contributed by atoms with Gasteiger partial charge in [0, 0.05) is 6.07 Å². The third kappa shape index (κ3) is 2.86. The van der Waals surface area contributed by atoms with Crippen LogP contribution in [-0.4, -0.2) is 21.7 Å². The number of anilines is 1. The number of hydrogen-bond acceptors (Lipinski definition) is 3. The number of pyridine rings is 1. The summed E-state index contributed by atoms with van der Waals surface area (Å²) in [4.78, 5) is 3.57. The minimum atomic E-state index is -0.774. The van der Waals surface area contributed by atoms with Gasteiger partial charge in [0.05, 0.1) is 17.8 Å². The molecule has 0 saturated heterocycles. The van der Waals surface area contributed by atoms with E-state index < -0.39 is 23.3 Å². The lowest BCUT2D eigenvalue weighted by Gasteiger charge is -2.29. The van der Waals surface area contributed by atoms with E-state index in [1.165, 1.54) is 0 Å². The number of aromatic nitrogens is 1. The highest BCUT2D eigenvalue weighted by molar-refractivity contribution is 5.39. The Labute approximate surface area is 87.2 Å². The standard InChI is InChI=1S/C10H14F2N2O/c1-6(15)10(2,3)14-9-8(12)4-7(11)5-13-9/h4-6,15H,1-3H3,(H,13,14). The van der Waals surface area contributed by atoms with Crippen molar-refractivity contribution < 1.29 is 13.9 Å². The predicted molar refractivity (Wildman–Crippen MR) is 53.5 cm³/mol. The summed E-state index contributed by atoms with van der Waals surface area (Å²) in [6, 6.07) is 0.744. The van der Waals surface area contributed by atoms with E-state index in [1.807, 2.05) is 0 Å². The molecule has 0 spiro atoms. The Hall–Kier alpha value is -1.23. The second-order valence-corrected chi connectivity index (χ2v) is 4.01. The van der Waals surface area contributed by atoms with Crippen molar-refractivity contribution in [3.05, 3.63) is 23.9 Å². The monoisotopic (exact) mass is 216 g/mol. The number of nitrogens with one attached hydrogen (secondary N) is 1. The molecule has 2 N–H and O–H groups in total. The van der Waals surface area contributed by atoms with Gasteiger partial charge in [0.25, 0.3) is 0 Å². The van der Waals surface area contributed by atoms with Crippen molar-refractivity contribution in [2.75, 3.05) is 5.32 Å². The number of aliphatic hydroxyl groups is 1. The Morgan fingerprint density at radius 2 is 2.07 bits per heavy atom. The summed E-state index contributed by atoms with van der Waals surface area (Å²) in [5.41, 5.74) is -0.730. The van der Waals surface area contributed by atoms with Gasteiger partial charge in [-0.3, -0.25) is 0 Å². The normalized spacial score (nSPS) is 13.7. The number of halogens is 2. The number of aliphatic hydroxyl groups excluding tert-OH is 1. The van der Waals surface area contributed by atoms with E-state index >= 15 is 0 Å². The van der Waals surface area contributed by atoms with Crippen LogP contribution in [0.5, 0.6) is 0 Å². The van der Waals surface area contributed by atoms with Gasteiger partial charge in [-0.05, 0) is 20.8 Å². The van der Waals surface area contributed by atoms with Crippen molar-refractivity contribution >= 4 is 5.82 Å². The first-order valence-corrected chi connectivity index (χ1v) is 4.60. The molecule has 1 atom stereocenters. The molecule has 1 aromatic heterocycles. The molecule has 0 amide bonds. The zero-order chi connectivity index (χ0) is 11.6. The molecule has 5 heteroatoms. The fraction of sp³-hybridized carbons (Fsp3) is 0.500. The maximum atomic E-state index is 13.2. The van der Waals surface area contributed by atoms with Crippen LogP contribution in [0, 0.1) is 11.6 Å². The molecule has 1 heterocycles. The van der Waals surface area contributed by atoms with Crippen molar-refractivity contribution in [1.82, 2.24) is 4.98 Å². The van der Waals surface area contributed by atoms with E-state index in [2.05, 4.69) is 10.3 Å². The van der Waals surface area contributed by atoms with Crippen molar-refractivity contribution in [1.29, 1.82) is 0 Å². The van der Waals surface area contributed by atoms with E-state index in [1.54, 1.807) is 20.8 Å². The second-order valence-electron chi connectivity index (χ2n) is 4.01. The molecule has 0 aliphatic carbocycles. The van der Waals surface area contributed by atoms with E-state index in [4.69, 9.17) is 0 Å². The topological polar surface area (TPSA) is 45.1 Å². The highest BCUT2D eigenvalue weighted by atomic mass is 19.1. The Bertz CT molecular complexity index is 353. The molecule has 0 saturated carbocycles. The lowest BCUT2D eigenvalue weighted by Crippen LogP contribution is -2.42. The summed E-state index contributed by atoms with van der Waals surface area (Å²) in [6.45, 7) is 4.97. The van der Waals surface area contributed by atoms with Gasteiger partial charge in [-0.15, -0.1) is 0 Å². The molecule has 15 heavy (non-hydrogen) atoms. The summed E-state index contributed by atoms with van der Waals surface area (Å²) in [6.07, 6.45) is 0.229. The van der Waals surface area contributed by atoms with Crippen LogP contribution in [0.1, 0.15) is 20.8 Å². The molecule has 0 bridgehead atoms. The molecular formula is C10H14F2N2O. The van der Waals surface area contributed by atoms with Crippen molar-refractivity contribution in [3.63, 3.8) is 0 Å². The van der Waals surface area contributed by atoms with Gasteiger partial charge in [0.15, 0.2) is 11.6 Å². The average molecular weight is 216 g/mol. The Balaban J connectivity index is 2.90. The fourth-order valence-corrected chi connectivity index (χ4v) is 0.916. The van der Waals surface area contributed by atoms with E-state index in [0.29, 0.717) is 0 Å². The Morgan fingerprint density at radius 1 is 1.47 bits per heavy atom. The van der Waals surface area contributed by atoms with Crippen LogP contribution in [0.25, 0.3) is 0 Å². The molecule has 0 aliphatic heterocycles. The molecule has 0 radical (unpaired) electrons. The lowest BCUT2D eigenvalue weighted by molar-refractivity contribution is 0.132. The van der Waals surface area contributed by atoms with Crippen LogP contribution in [0.4, 0.5) is 14.6 Å². The van der Waals surface area contributed by atoms with Gasteiger partial charge in [-0.2, -0.15) is 0 Å². The van der Waals surface area contributed by atoms with Crippen LogP contribution in [-0.2, 0) is 0 Å². The largest absolute Gasteiger partial charge is 0.391 e. The van der Waals surface area contributed by atoms with Crippen LogP contribution in [0.15, 0.2) is 12.3 Å². The summed E-state index contributed by atoms with van der Waals surface area (Å²) in [5.74, 6) is -1.57. The first kappa shape index (κ1) is 11.8. The van der Waals surface area contributed by atoms with E-state index in [-0.39, 0.29) is 5.82 Å². The molecular weight excluding hydrogens is 202 g/mol. The average Bonchev–Trinajstić information content (AvgIpc) is 2.09. The van der Waals surface area contributed by atoms with Gasteiger partial charge >= 0.3 is 0 Å². The quantitative estimate of drug-likeness (QED) is 0.811. The molecule has 0 aliphatic rings. The van der Waals surface area contributed by atoms with Gasteiger partial charge < -0.3 is 10.4 Å². The zero-order valence-corrected chi connectivity index (χ0v) is 8.88. The van der Waals surface area contributed by atoms with Crippen LogP contribution in [0.3, 0.4) is 0 Å². The molecule has 84 valence electrons. The van der Waals surface area contributed by atoms with E-state index in [9.17, 15) is 13.9 Å². The Kier molecular flexibility index (Phi) is 3.24. The Morgan fingerprint density at radius 3 is 2.53 bits per heavy atom. The number of nitrogens with zero attached hydrogens (tertiary/aromatic N) is 1. The summed E-state index contributed by atoms with van der Waals surface area (Å²) >= 11 is 0. The lowest BCUT2D eigenvalue weighted by atomic mass is 9.99. The SMILES string of the molecule is CC(O)C(C)(C)Nc1ncc(F)cc1F. The molecule has 1 rings (SSSR count). The van der Waals surface area contributed by atoms with Crippen molar-refractivity contribution in [3.8, 4) is 0 Å². The number of hydrogen-bond donors (Lipinski definition) is 2. The minimum Gasteiger partial charge on any atom is -0.391 e. The van der Waals surface area contributed by atoms with Crippen molar-refractivity contribution in [2.45, 2.75) is 32.4 Å². The van der Waals surface area contributed by atoms with Crippen LogP contribution < -0.4 is 5.32 Å². The summed E-state index contributed by atoms with van der Waals surface area (Å²) in [7, 11) is 0. The van der Waals surface area contributed by atoms with Gasteiger partial charge in [-0.25, -0.2) is 13.8 Å². The van der Waals surface area contributed by atoms with Gasteiger partial charge in [0.2, 0.25) is 0 Å². The highest BCUT2D eigenvalue weighted by Gasteiger charge is 2.25. The first-order chi connectivity index (χ1) is 6.83. The highest BCUT2D eigenvalue weighted by Crippen LogP contribution is 2.19. The molecule has 1 aromatic rings. The molecule has 1 unspecified atom stereocenters. The second kappa shape index (κ2) is 4.10. The van der Waals surface area contributed by atoms with Crippen molar-refractivity contribution in [2.24, 2.45) is 0 Å². The van der Waals surface area contributed by atoms with E-state index in [0.717, 1.165) is 12.3 Å². The first-order valence-electron chi connectivity index (χ1n) is 4.60. The summed E-state index contributed by atoms with van der Waals surface area (Å²) in [5, 5.41) is 12.1. The smallest absolute Gasteiger partial charge is 0.168 e. The summed E-state index contributed by atoms with van der Waals surface area (Å²) < 4.78 is 25.8. The third-order valence-electron chi connectivity index (χ3n) is 2.29. The van der Waals surface area contributed by atoms with Crippen LogP contribution >= 0.6 is 0 Å².